The van der Waals surface area contributed by atoms with Gasteiger partial charge in [-0.25, -0.2) is 8.78 Å². The Labute approximate surface area is 146 Å². The molecule has 0 aromatic heterocycles. The van der Waals surface area contributed by atoms with Crippen molar-refractivity contribution in [2.24, 2.45) is 0 Å². The molecule has 2 N–H and O–H groups in total. The molecule has 3 aromatic carbocycles. The number of hydrogen-bond acceptors (Lipinski definition) is 1. The molecule has 1 nitrogen and oxygen atoms in total. The van der Waals surface area contributed by atoms with Gasteiger partial charge in [-0.2, -0.15) is 0 Å². The quantitative estimate of drug-likeness (QED) is 0.630. The average molecular weight is 335 g/mol. The zero-order valence-corrected chi connectivity index (χ0v) is 13.8. The van der Waals surface area contributed by atoms with Gasteiger partial charge in [-0.15, -0.1) is 0 Å². The topological polar surface area (TPSA) is 26.0 Å². The van der Waals surface area contributed by atoms with Crippen LogP contribution in [0.2, 0.25) is 0 Å². The Hall–Kier alpha value is -2.68. The van der Waals surface area contributed by atoms with E-state index in [1.807, 2.05) is 12.1 Å². The lowest BCUT2D eigenvalue weighted by molar-refractivity contribution is 0.536. The van der Waals surface area contributed by atoms with Gasteiger partial charge in [-0.1, -0.05) is 36.4 Å². The Balaban J connectivity index is 1.66. The third-order valence-electron chi connectivity index (χ3n) is 5.07. The molecular formula is C22H19F2N. The van der Waals surface area contributed by atoms with E-state index >= 15 is 0 Å². The maximum atomic E-state index is 14.7. The van der Waals surface area contributed by atoms with Crippen molar-refractivity contribution >= 4 is 5.69 Å². The third-order valence-corrected chi connectivity index (χ3v) is 5.07. The van der Waals surface area contributed by atoms with E-state index < -0.39 is 11.6 Å². The van der Waals surface area contributed by atoms with E-state index in [0.29, 0.717) is 17.7 Å². The molecule has 0 fully saturated rings. The standard InChI is InChI=1S/C22H19F2N/c23-21-12-17(15-5-3-6-18(25)10-15)13-22(24)20(21)11-16-9-8-14-4-1-2-7-19(14)16/h1-7,10,12-13,16H,8-9,11,25H2. The van der Waals surface area contributed by atoms with Crippen LogP contribution in [0, 0.1) is 11.6 Å². The van der Waals surface area contributed by atoms with Gasteiger partial charge in [0.05, 0.1) is 0 Å². The number of rotatable bonds is 3. The number of nitrogen functional groups attached to an aromatic ring is 1. The highest BCUT2D eigenvalue weighted by molar-refractivity contribution is 5.67. The highest BCUT2D eigenvalue weighted by Gasteiger charge is 2.25. The summed E-state index contributed by atoms with van der Waals surface area (Å²) in [5.41, 5.74) is 10.3. The fourth-order valence-electron chi connectivity index (χ4n) is 3.79. The lowest BCUT2D eigenvalue weighted by Gasteiger charge is -2.14. The summed E-state index contributed by atoms with van der Waals surface area (Å²) in [6, 6.07) is 18.1. The first-order valence-corrected chi connectivity index (χ1v) is 8.53. The smallest absolute Gasteiger partial charge is 0.129 e. The zero-order chi connectivity index (χ0) is 17.4. The first-order chi connectivity index (χ1) is 12.1. The molecule has 0 radical (unpaired) electrons. The van der Waals surface area contributed by atoms with Gasteiger partial charge in [0.25, 0.3) is 0 Å². The Morgan fingerprint density at radius 3 is 2.40 bits per heavy atom. The van der Waals surface area contributed by atoms with Crippen LogP contribution in [0.15, 0.2) is 60.7 Å². The number of fused-ring (bicyclic) bond motifs is 1. The van der Waals surface area contributed by atoms with Crippen molar-refractivity contribution < 1.29 is 8.78 Å². The Bertz CT molecular complexity index is 910. The van der Waals surface area contributed by atoms with Crippen LogP contribution in [0.3, 0.4) is 0 Å². The maximum Gasteiger partial charge on any atom is 0.129 e. The average Bonchev–Trinajstić information content (AvgIpc) is 3.01. The van der Waals surface area contributed by atoms with Crippen molar-refractivity contribution in [3.05, 3.63) is 89.0 Å². The van der Waals surface area contributed by atoms with Crippen molar-refractivity contribution in [3.63, 3.8) is 0 Å². The van der Waals surface area contributed by atoms with E-state index in [9.17, 15) is 8.78 Å². The molecule has 1 atom stereocenters. The summed E-state index contributed by atoms with van der Waals surface area (Å²) < 4.78 is 29.3. The molecular weight excluding hydrogens is 316 g/mol. The van der Waals surface area contributed by atoms with Crippen molar-refractivity contribution in [1.82, 2.24) is 0 Å². The van der Waals surface area contributed by atoms with Crippen LogP contribution in [0.25, 0.3) is 11.1 Å². The molecule has 0 spiro atoms. The summed E-state index contributed by atoms with van der Waals surface area (Å²) in [5, 5.41) is 0. The van der Waals surface area contributed by atoms with Crippen LogP contribution in [-0.2, 0) is 12.8 Å². The van der Waals surface area contributed by atoms with Crippen LogP contribution >= 0.6 is 0 Å². The Kier molecular flexibility index (Phi) is 4.00. The van der Waals surface area contributed by atoms with E-state index in [0.717, 1.165) is 18.4 Å². The molecule has 25 heavy (non-hydrogen) atoms. The Morgan fingerprint density at radius 2 is 1.64 bits per heavy atom. The molecule has 0 amide bonds. The number of hydrogen-bond donors (Lipinski definition) is 1. The highest BCUT2D eigenvalue weighted by atomic mass is 19.1. The van der Waals surface area contributed by atoms with Gasteiger partial charge in [-0.3, -0.25) is 0 Å². The zero-order valence-electron chi connectivity index (χ0n) is 13.8. The van der Waals surface area contributed by atoms with Crippen molar-refractivity contribution in [2.45, 2.75) is 25.2 Å². The van der Waals surface area contributed by atoms with Gasteiger partial charge < -0.3 is 5.73 Å². The summed E-state index contributed by atoms with van der Waals surface area (Å²) in [4.78, 5) is 0. The third kappa shape index (κ3) is 3.02. The number of benzene rings is 3. The van der Waals surface area contributed by atoms with Crippen molar-refractivity contribution in [3.8, 4) is 11.1 Å². The first kappa shape index (κ1) is 15.8. The molecule has 126 valence electrons. The van der Waals surface area contributed by atoms with E-state index in [1.165, 1.54) is 23.3 Å². The molecule has 3 heteroatoms. The fraction of sp³-hybridized carbons (Fsp3) is 0.182. The second-order valence-corrected chi connectivity index (χ2v) is 6.68. The number of aryl methyl sites for hydroxylation is 1. The predicted molar refractivity (Wildman–Crippen MR) is 97.4 cm³/mol. The number of nitrogens with two attached hydrogens (primary N) is 1. The lowest BCUT2D eigenvalue weighted by Crippen LogP contribution is -2.04. The monoisotopic (exact) mass is 335 g/mol. The summed E-state index contributed by atoms with van der Waals surface area (Å²) in [6.07, 6.45) is 2.31. The summed E-state index contributed by atoms with van der Waals surface area (Å²) >= 11 is 0. The van der Waals surface area contributed by atoms with Gasteiger partial charge in [-0.05, 0) is 71.7 Å². The molecule has 0 aliphatic heterocycles. The van der Waals surface area contributed by atoms with Gasteiger partial charge in [0.2, 0.25) is 0 Å². The van der Waals surface area contributed by atoms with E-state index in [1.54, 1.807) is 24.3 Å². The van der Waals surface area contributed by atoms with Crippen LogP contribution in [0.1, 0.15) is 29.0 Å². The summed E-state index contributed by atoms with van der Waals surface area (Å²) in [5.74, 6) is -0.790. The fourth-order valence-corrected chi connectivity index (χ4v) is 3.79. The largest absolute Gasteiger partial charge is 0.399 e. The Morgan fingerprint density at radius 1 is 0.880 bits per heavy atom. The van der Waals surface area contributed by atoms with E-state index in [-0.39, 0.29) is 11.5 Å². The van der Waals surface area contributed by atoms with Gasteiger partial charge >= 0.3 is 0 Å². The molecule has 3 aromatic rings. The van der Waals surface area contributed by atoms with E-state index in [2.05, 4.69) is 12.1 Å². The molecule has 0 bridgehead atoms. The van der Waals surface area contributed by atoms with Gasteiger partial charge in [0.1, 0.15) is 11.6 Å². The van der Waals surface area contributed by atoms with Crippen LogP contribution < -0.4 is 5.73 Å². The minimum Gasteiger partial charge on any atom is -0.399 e. The second kappa shape index (κ2) is 6.32. The minimum absolute atomic E-state index is 0.175. The molecule has 1 unspecified atom stereocenters. The summed E-state index contributed by atoms with van der Waals surface area (Å²) in [6.45, 7) is 0. The van der Waals surface area contributed by atoms with Crippen molar-refractivity contribution in [1.29, 1.82) is 0 Å². The van der Waals surface area contributed by atoms with Crippen LogP contribution in [0.5, 0.6) is 0 Å². The lowest BCUT2D eigenvalue weighted by atomic mass is 9.92. The highest BCUT2D eigenvalue weighted by Crippen LogP contribution is 2.37. The molecule has 0 heterocycles. The molecule has 1 aliphatic rings. The van der Waals surface area contributed by atoms with Gasteiger partial charge in [0.15, 0.2) is 0 Å². The molecule has 1 aliphatic carbocycles. The summed E-state index contributed by atoms with van der Waals surface area (Å²) in [7, 11) is 0. The second-order valence-electron chi connectivity index (χ2n) is 6.68. The minimum atomic E-state index is -0.484. The molecule has 0 saturated carbocycles. The predicted octanol–water partition coefficient (Wildman–Crippen LogP) is 5.49. The van der Waals surface area contributed by atoms with E-state index in [4.69, 9.17) is 5.73 Å². The van der Waals surface area contributed by atoms with Crippen molar-refractivity contribution in [2.75, 3.05) is 5.73 Å². The maximum absolute atomic E-state index is 14.7. The first-order valence-electron chi connectivity index (χ1n) is 8.53. The number of anilines is 1. The number of halogens is 2. The normalized spacial score (nSPS) is 16.0. The van der Waals surface area contributed by atoms with Crippen LogP contribution in [-0.4, -0.2) is 0 Å². The van der Waals surface area contributed by atoms with Gasteiger partial charge in [0, 0.05) is 11.3 Å². The van der Waals surface area contributed by atoms with Crippen LogP contribution in [0.4, 0.5) is 14.5 Å². The molecule has 4 rings (SSSR count). The molecule has 0 saturated heterocycles. The SMILES string of the molecule is Nc1cccc(-c2cc(F)c(CC3CCc4ccccc43)c(F)c2)c1.